The molecule has 2 fully saturated rings. The largest absolute Gasteiger partial charge is 0.465 e. The summed E-state index contributed by atoms with van der Waals surface area (Å²) in [6.45, 7) is 5.30. The van der Waals surface area contributed by atoms with E-state index in [0.29, 0.717) is 42.1 Å². The first-order chi connectivity index (χ1) is 29.1. The molecule has 5 aromatic rings. The third-order valence-electron chi connectivity index (χ3n) is 14.7. The molecule has 3 N–H and O–H groups in total. The van der Waals surface area contributed by atoms with Crippen molar-refractivity contribution in [1.29, 1.82) is 0 Å². The minimum absolute atomic E-state index is 0.225. The Morgan fingerprint density at radius 2 is 1.33 bits per heavy atom. The van der Waals surface area contributed by atoms with Crippen LogP contribution in [0.4, 0.5) is 5.69 Å². The second-order valence-electron chi connectivity index (χ2n) is 17.5. The van der Waals surface area contributed by atoms with Crippen molar-refractivity contribution in [2.45, 2.75) is 89.5 Å². The molecule has 5 aliphatic rings. The number of rotatable bonds is 7. The van der Waals surface area contributed by atoms with E-state index in [9.17, 15) is 20.0 Å². The van der Waals surface area contributed by atoms with Crippen molar-refractivity contribution < 1.29 is 29.5 Å². The van der Waals surface area contributed by atoms with Crippen molar-refractivity contribution in [3.8, 4) is 0 Å². The van der Waals surface area contributed by atoms with Crippen molar-refractivity contribution in [2.75, 3.05) is 32.6 Å². The summed E-state index contributed by atoms with van der Waals surface area (Å²) < 4.78 is 15.5. The average molecular weight is 830 g/mol. The minimum Gasteiger partial charge on any atom is -0.465 e. The van der Waals surface area contributed by atoms with Gasteiger partial charge in [0.05, 0.1) is 47.8 Å². The number of carbonyl (C=O) groups excluding carboxylic acids is 2. The number of fused-ring (bicyclic) bond motifs is 11. The second-order valence-corrected chi connectivity index (χ2v) is 17.9. The molecule has 0 bridgehead atoms. The molecule has 0 saturated carbocycles. The number of nitrogens with zero attached hydrogens (tertiary/aromatic N) is 4. The average Bonchev–Trinajstić information content (AvgIpc) is 3.78. The van der Waals surface area contributed by atoms with E-state index in [1.807, 2.05) is 42.5 Å². The van der Waals surface area contributed by atoms with Gasteiger partial charge in [-0.15, -0.1) is 0 Å². The van der Waals surface area contributed by atoms with E-state index in [4.69, 9.17) is 21.1 Å². The van der Waals surface area contributed by atoms with Crippen LogP contribution in [0.15, 0.2) is 78.9 Å². The highest BCUT2D eigenvalue weighted by Gasteiger charge is 2.52. The third-order valence-corrected chi connectivity index (χ3v) is 15.0. The van der Waals surface area contributed by atoms with Crippen LogP contribution in [0.3, 0.4) is 0 Å². The van der Waals surface area contributed by atoms with Gasteiger partial charge in [0, 0.05) is 57.4 Å². The van der Waals surface area contributed by atoms with Crippen molar-refractivity contribution in [3.05, 3.63) is 112 Å². The Morgan fingerprint density at radius 1 is 0.783 bits per heavy atom. The SMILES string of the molecule is CC[C@]12C=C(C(=O)OC)c3c(C[C@H]4Nc5ccc(Cl)cc5C[C@@H]4c4c5n(c6ccccc46)[C@H]4N(O)CCC[C@@]4(CC)C=C5C(=O)OC)c4ccccc4n3[C@H]1N(O)CCC2. The lowest BCUT2D eigenvalue weighted by atomic mass is 9.70. The number of esters is 2. The number of halogens is 1. The van der Waals surface area contributed by atoms with Crippen LogP contribution in [0.1, 0.15) is 98.7 Å². The summed E-state index contributed by atoms with van der Waals surface area (Å²) in [5.74, 6) is -1.04. The zero-order valence-corrected chi connectivity index (χ0v) is 35.3. The summed E-state index contributed by atoms with van der Waals surface area (Å²) in [7, 11) is 2.87. The van der Waals surface area contributed by atoms with Gasteiger partial charge >= 0.3 is 11.9 Å². The number of methoxy groups -OCH3 is 2. The molecule has 0 radical (unpaired) electrons. The smallest absolute Gasteiger partial charge is 0.339 e. The summed E-state index contributed by atoms with van der Waals surface area (Å²) in [4.78, 5) is 28.2. The number of aromatic nitrogens is 2. The van der Waals surface area contributed by atoms with Gasteiger partial charge in [0.2, 0.25) is 0 Å². The van der Waals surface area contributed by atoms with Gasteiger partial charge < -0.3 is 34.3 Å². The van der Waals surface area contributed by atoms with Crippen LogP contribution in [0, 0.1) is 10.8 Å². The molecule has 0 unspecified atom stereocenters. The van der Waals surface area contributed by atoms with Gasteiger partial charge in [0.1, 0.15) is 12.3 Å². The van der Waals surface area contributed by atoms with Gasteiger partial charge in [-0.25, -0.2) is 9.59 Å². The first kappa shape index (κ1) is 39.2. The Labute approximate surface area is 354 Å². The summed E-state index contributed by atoms with van der Waals surface area (Å²) >= 11 is 6.70. The van der Waals surface area contributed by atoms with Crippen LogP contribution in [-0.4, -0.2) is 75.0 Å². The molecule has 5 aliphatic heterocycles. The standard InChI is InChI=1S/C48H52ClN5O6/c1-5-47-19-11-21-51(57)45(47)53-38-15-9-7-13-30(38)32(41(53)34(26-47)43(55)59-3)25-37-33(24-28-23-29(49)17-18-36(28)50-37)40-31-14-8-10-16-39(31)54-42(40)35(44(56)60-4)27-48(6-2)20-12-22-52(58)46(48)54/h7-10,13-18,23,26-27,33,37,45-46,50,57-58H,5-6,11-12,19-22,24-25H2,1-4H3/t33-,37+,45+,46+,47-,48-/m0/s1. The van der Waals surface area contributed by atoms with E-state index in [0.717, 1.165) is 94.1 Å². The fourth-order valence-electron chi connectivity index (χ4n) is 12.0. The lowest BCUT2D eigenvalue weighted by Crippen LogP contribution is -2.49. The Hall–Kier alpha value is -4.91. The number of ether oxygens (including phenoxy) is 2. The van der Waals surface area contributed by atoms with E-state index < -0.39 is 35.1 Å². The molecule has 7 heterocycles. The van der Waals surface area contributed by atoms with Crippen LogP contribution in [0.2, 0.25) is 5.02 Å². The highest BCUT2D eigenvalue weighted by molar-refractivity contribution is 6.30. The maximum absolute atomic E-state index is 14.2. The first-order valence-electron chi connectivity index (χ1n) is 21.4. The summed E-state index contributed by atoms with van der Waals surface area (Å²) in [5, 5.41) is 33.1. The fourth-order valence-corrected chi connectivity index (χ4v) is 12.2. The van der Waals surface area contributed by atoms with Crippen LogP contribution in [0.5, 0.6) is 0 Å². The molecule has 0 amide bonds. The van der Waals surface area contributed by atoms with Gasteiger partial charge in [-0.2, -0.15) is 10.1 Å². The van der Waals surface area contributed by atoms with Crippen LogP contribution >= 0.6 is 11.6 Å². The zero-order valence-electron chi connectivity index (χ0n) is 34.6. The van der Waals surface area contributed by atoms with Gasteiger partial charge in [-0.3, -0.25) is 0 Å². The maximum atomic E-state index is 14.2. The molecule has 2 aromatic heterocycles. The third kappa shape index (κ3) is 5.62. The van der Waals surface area contributed by atoms with Gasteiger partial charge in [0.25, 0.3) is 0 Å². The van der Waals surface area contributed by atoms with E-state index >= 15 is 0 Å². The first-order valence-corrected chi connectivity index (χ1v) is 21.8. The number of anilines is 1. The van der Waals surface area contributed by atoms with E-state index in [1.54, 1.807) is 0 Å². The lowest BCUT2D eigenvalue weighted by molar-refractivity contribution is -0.203. The van der Waals surface area contributed by atoms with Crippen molar-refractivity contribution >= 4 is 62.2 Å². The molecule has 3 aromatic carbocycles. The number of hydroxylamine groups is 4. The summed E-state index contributed by atoms with van der Waals surface area (Å²) in [5.41, 5.74) is 7.43. The molecule has 6 atom stereocenters. The Balaban J connectivity index is 1.23. The Bertz CT molecular complexity index is 2650. The van der Waals surface area contributed by atoms with Crippen LogP contribution < -0.4 is 5.32 Å². The topological polar surface area (TPSA) is 121 Å². The molecule has 0 aliphatic carbocycles. The molecule has 0 spiro atoms. The maximum Gasteiger partial charge on any atom is 0.339 e. The summed E-state index contributed by atoms with van der Waals surface area (Å²) in [6.07, 6.45) is 9.14. The predicted molar refractivity (Wildman–Crippen MR) is 232 cm³/mol. The molecule has 10 rings (SSSR count). The van der Waals surface area contributed by atoms with Crippen molar-refractivity contribution in [3.63, 3.8) is 0 Å². The van der Waals surface area contributed by atoms with E-state index in [-0.39, 0.29) is 12.0 Å². The van der Waals surface area contributed by atoms with Gasteiger partial charge in [-0.1, -0.05) is 74.0 Å². The quantitative estimate of drug-likeness (QED) is 0.138. The lowest BCUT2D eigenvalue weighted by Gasteiger charge is -2.50. The normalized spacial score (nSPS) is 27.4. The highest BCUT2D eigenvalue weighted by Crippen LogP contribution is 2.57. The molecule has 60 heavy (non-hydrogen) atoms. The van der Waals surface area contributed by atoms with Crippen molar-refractivity contribution in [1.82, 2.24) is 19.3 Å². The number of hydrogen-bond donors (Lipinski definition) is 3. The van der Waals surface area contributed by atoms with Crippen molar-refractivity contribution in [2.24, 2.45) is 10.8 Å². The molecular formula is C48H52ClN5O6. The molecular weight excluding hydrogens is 778 g/mol. The number of benzene rings is 3. The van der Waals surface area contributed by atoms with Crippen LogP contribution in [0.25, 0.3) is 33.0 Å². The molecule has 2 saturated heterocycles. The Kier molecular flexibility index (Phi) is 9.57. The van der Waals surface area contributed by atoms with E-state index in [2.05, 4.69) is 64.7 Å². The highest BCUT2D eigenvalue weighted by atomic mass is 35.5. The molecule has 11 nitrogen and oxygen atoms in total. The van der Waals surface area contributed by atoms with Gasteiger partial charge in [0.15, 0.2) is 0 Å². The van der Waals surface area contributed by atoms with E-state index in [1.165, 1.54) is 24.3 Å². The number of carbonyl (C=O) groups is 2. The molecule has 12 heteroatoms. The molecule has 312 valence electrons. The number of piperidine rings is 2. The van der Waals surface area contributed by atoms with Gasteiger partial charge in [-0.05, 0) is 98.4 Å². The number of nitrogens with one attached hydrogen (secondary N) is 1. The minimum atomic E-state index is -0.499. The zero-order chi connectivity index (χ0) is 41.7. The Morgan fingerprint density at radius 3 is 1.93 bits per heavy atom. The number of para-hydroxylation sites is 2. The second kappa shape index (κ2) is 14.6. The monoisotopic (exact) mass is 829 g/mol. The van der Waals surface area contributed by atoms with Crippen LogP contribution in [-0.2, 0) is 31.9 Å². The fraction of sp³-hybridized carbons (Fsp3) is 0.417. The predicted octanol–water partition coefficient (Wildman–Crippen LogP) is 9.51. The number of hydrogen-bond acceptors (Lipinski definition) is 9. The summed E-state index contributed by atoms with van der Waals surface area (Å²) in [6, 6.07) is 22.2.